The van der Waals surface area contributed by atoms with Gasteiger partial charge in [0.25, 0.3) is 0 Å². The number of carbonyl (C=O) groups excluding carboxylic acids is 1. The largest absolute Gasteiger partial charge is 0.394 e. The zero-order chi connectivity index (χ0) is 12.4. The van der Waals surface area contributed by atoms with Crippen molar-refractivity contribution in [3.8, 4) is 0 Å². The summed E-state index contributed by atoms with van der Waals surface area (Å²) in [7, 11) is 0. The van der Waals surface area contributed by atoms with E-state index in [4.69, 9.17) is 10.2 Å². The molecular weight excluding hydrogens is 208 g/mol. The Labute approximate surface area is 97.2 Å². The van der Waals surface area contributed by atoms with Gasteiger partial charge in [-0.05, 0) is 13.3 Å². The SMILES string of the molecule is CCCCCNC(=O)C(C)NCC(O)CO. The highest BCUT2D eigenvalue weighted by Gasteiger charge is 2.12. The third-order valence-corrected chi connectivity index (χ3v) is 2.34. The molecule has 0 spiro atoms. The van der Waals surface area contributed by atoms with E-state index < -0.39 is 6.10 Å². The topological polar surface area (TPSA) is 81.6 Å². The van der Waals surface area contributed by atoms with E-state index in [2.05, 4.69) is 17.6 Å². The molecule has 4 N–H and O–H groups in total. The number of amides is 1. The molecule has 5 heteroatoms. The fourth-order valence-electron chi connectivity index (χ4n) is 1.21. The lowest BCUT2D eigenvalue weighted by Crippen LogP contribution is -2.45. The molecule has 1 amide bonds. The van der Waals surface area contributed by atoms with E-state index >= 15 is 0 Å². The van der Waals surface area contributed by atoms with Crippen molar-refractivity contribution in [3.05, 3.63) is 0 Å². The molecule has 0 rings (SSSR count). The quantitative estimate of drug-likeness (QED) is 0.409. The molecule has 0 radical (unpaired) electrons. The van der Waals surface area contributed by atoms with E-state index in [1.807, 2.05) is 0 Å². The number of aliphatic hydroxyl groups excluding tert-OH is 2. The average Bonchev–Trinajstić information content (AvgIpc) is 2.30. The fourth-order valence-corrected chi connectivity index (χ4v) is 1.21. The lowest BCUT2D eigenvalue weighted by atomic mass is 10.2. The van der Waals surface area contributed by atoms with Gasteiger partial charge >= 0.3 is 0 Å². The third kappa shape index (κ3) is 7.62. The Morgan fingerprint density at radius 2 is 2.06 bits per heavy atom. The molecular formula is C11H24N2O3. The van der Waals surface area contributed by atoms with E-state index in [9.17, 15) is 4.79 Å². The second-order valence-corrected chi connectivity index (χ2v) is 3.96. The molecule has 16 heavy (non-hydrogen) atoms. The summed E-state index contributed by atoms with van der Waals surface area (Å²) in [5.41, 5.74) is 0. The van der Waals surface area contributed by atoms with Crippen LogP contribution in [0.3, 0.4) is 0 Å². The maximum absolute atomic E-state index is 11.5. The van der Waals surface area contributed by atoms with Crippen LogP contribution in [-0.4, -0.2) is 48.0 Å². The van der Waals surface area contributed by atoms with Crippen LogP contribution in [0.5, 0.6) is 0 Å². The predicted octanol–water partition coefficient (Wildman–Crippen LogP) is -0.376. The zero-order valence-corrected chi connectivity index (χ0v) is 10.2. The summed E-state index contributed by atoms with van der Waals surface area (Å²) in [5, 5.41) is 23.4. The highest BCUT2D eigenvalue weighted by Crippen LogP contribution is 1.92. The highest BCUT2D eigenvalue weighted by atomic mass is 16.3. The van der Waals surface area contributed by atoms with Crippen molar-refractivity contribution in [1.29, 1.82) is 0 Å². The van der Waals surface area contributed by atoms with Gasteiger partial charge in [0.05, 0.1) is 18.8 Å². The van der Waals surface area contributed by atoms with Gasteiger partial charge in [0.15, 0.2) is 0 Å². The summed E-state index contributed by atoms with van der Waals surface area (Å²) in [6, 6.07) is -0.345. The Balaban J connectivity index is 3.57. The molecule has 0 saturated heterocycles. The summed E-state index contributed by atoms with van der Waals surface area (Å²) in [6.45, 7) is 4.47. The molecule has 0 aliphatic rings. The van der Waals surface area contributed by atoms with Gasteiger partial charge < -0.3 is 20.8 Å². The predicted molar refractivity (Wildman–Crippen MR) is 63.1 cm³/mol. The average molecular weight is 232 g/mol. The summed E-state index contributed by atoms with van der Waals surface area (Å²) in [4.78, 5) is 11.5. The van der Waals surface area contributed by atoms with Gasteiger partial charge in [0.1, 0.15) is 0 Å². The molecule has 96 valence electrons. The molecule has 0 aromatic rings. The van der Waals surface area contributed by atoms with Gasteiger partial charge in [-0.2, -0.15) is 0 Å². The lowest BCUT2D eigenvalue weighted by Gasteiger charge is -2.15. The number of aliphatic hydroxyl groups is 2. The van der Waals surface area contributed by atoms with Crippen molar-refractivity contribution < 1.29 is 15.0 Å². The molecule has 0 aromatic carbocycles. The van der Waals surface area contributed by atoms with E-state index in [1.165, 1.54) is 0 Å². The summed E-state index contributed by atoms with van der Waals surface area (Å²) >= 11 is 0. The molecule has 2 atom stereocenters. The van der Waals surface area contributed by atoms with Crippen molar-refractivity contribution in [3.63, 3.8) is 0 Å². The van der Waals surface area contributed by atoms with Crippen LogP contribution in [-0.2, 0) is 4.79 Å². The first-order valence-electron chi connectivity index (χ1n) is 5.91. The second kappa shape index (κ2) is 9.57. The smallest absolute Gasteiger partial charge is 0.236 e. The molecule has 2 unspecified atom stereocenters. The number of hydrogen-bond acceptors (Lipinski definition) is 4. The molecule has 0 aliphatic heterocycles. The Kier molecular flexibility index (Phi) is 9.18. The van der Waals surface area contributed by atoms with Crippen molar-refractivity contribution >= 4 is 5.91 Å². The van der Waals surface area contributed by atoms with Crippen LogP contribution in [0.1, 0.15) is 33.1 Å². The molecule has 0 heterocycles. The van der Waals surface area contributed by atoms with Crippen molar-refractivity contribution in [2.24, 2.45) is 0 Å². The van der Waals surface area contributed by atoms with E-state index in [0.717, 1.165) is 19.3 Å². The molecule has 0 aliphatic carbocycles. The number of rotatable bonds is 9. The minimum atomic E-state index is -0.810. The van der Waals surface area contributed by atoms with Crippen molar-refractivity contribution in [2.45, 2.75) is 45.3 Å². The number of carbonyl (C=O) groups is 1. The van der Waals surface area contributed by atoms with Crippen LogP contribution >= 0.6 is 0 Å². The van der Waals surface area contributed by atoms with Gasteiger partial charge in [-0.25, -0.2) is 0 Å². The van der Waals surface area contributed by atoms with Gasteiger partial charge in [0.2, 0.25) is 5.91 Å². The Morgan fingerprint density at radius 3 is 2.62 bits per heavy atom. The first-order chi connectivity index (χ1) is 7.61. The van der Waals surface area contributed by atoms with Crippen LogP contribution in [0, 0.1) is 0 Å². The summed E-state index contributed by atoms with van der Waals surface area (Å²) in [6.07, 6.45) is 2.43. The minimum Gasteiger partial charge on any atom is -0.394 e. The Bertz CT molecular complexity index is 188. The van der Waals surface area contributed by atoms with Gasteiger partial charge in [-0.3, -0.25) is 4.79 Å². The Morgan fingerprint density at radius 1 is 1.38 bits per heavy atom. The van der Waals surface area contributed by atoms with Gasteiger partial charge in [0, 0.05) is 13.1 Å². The maximum Gasteiger partial charge on any atom is 0.236 e. The second-order valence-electron chi connectivity index (χ2n) is 3.96. The van der Waals surface area contributed by atoms with Crippen LogP contribution in [0.15, 0.2) is 0 Å². The zero-order valence-electron chi connectivity index (χ0n) is 10.2. The van der Waals surface area contributed by atoms with Gasteiger partial charge in [-0.15, -0.1) is 0 Å². The summed E-state index contributed by atoms with van der Waals surface area (Å²) < 4.78 is 0. The number of nitrogens with one attached hydrogen (secondary N) is 2. The first-order valence-corrected chi connectivity index (χ1v) is 5.91. The van der Waals surface area contributed by atoms with Crippen LogP contribution in [0.4, 0.5) is 0 Å². The van der Waals surface area contributed by atoms with Crippen LogP contribution in [0.2, 0.25) is 0 Å². The molecule has 0 bridgehead atoms. The lowest BCUT2D eigenvalue weighted by molar-refractivity contribution is -0.122. The van der Waals surface area contributed by atoms with E-state index in [0.29, 0.717) is 6.54 Å². The normalized spacial score (nSPS) is 14.5. The van der Waals surface area contributed by atoms with Crippen LogP contribution < -0.4 is 10.6 Å². The molecule has 0 aromatic heterocycles. The number of unbranched alkanes of at least 4 members (excludes halogenated alkanes) is 2. The van der Waals surface area contributed by atoms with Gasteiger partial charge in [-0.1, -0.05) is 19.8 Å². The minimum absolute atomic E-state index is 0.0683. The maximum atomic E-state index is 11.5. The number of hydrogen-bond donors (Lipinski definition) is 4. The monoisotopic (exact) mass is 232 g/mol. The molecule has 0 saturated carbocycles. The van der Waals surface area contributed by atoms with Crippen LogP contribution in [0.25, 0.3) is 0 Å². The highest BCUT2D eigenvalue weighted by molar-refractivity contribution is 5.81. The molecule has 5 nitrogen and oxygen atoms in total. The first kappa shape index (κ1) is 15.3. The fraction of sp³-hybridized carbons (Fsp3) is 0.909. The van der Waals surface area contributed by atoms with E-state index in [-0.39, 0.29) is 25.1 Å². The molecule has 0 fully saturated rings. The third-order valence-electron chi connectivity index (χ3n) is 2.34. The summed E-state index contributed by atoms with van der Waals surface area (Å²) in [5.74, 6) is -0.0683. The standard InChI is InChI=1S/C11H24N2O3/c1-3-4-5-6-12-11(16)9(2)13-7-10(15)8-14/h9-10,13-15H,3-8H2,1-2H3,(H,12,16). The van der Waals surface area contributed by atoms with Crippen molar-refractivity contribution in [1.82, 2.24) is 10.6 Å². The Hall–Kier alpha value is -0.650. The van der Waals surface area contributed by atoms with Crippen molar-refractivity contribution in [2.75, 3.05) is 19.7 Å². The van der Waals surface area contributed by atoms with E-state index in [1.54, 1.807) is 6.92 Å².